The Morgan fingerprint density at radius 1 is 1.38 bits per heavy atom. The van der Waals surface area contributed by atoms with Crippen molar-refractivity contribution in [2.45, 2.75) is 6.54 Å². The van der Waals surface area contributed by atoms with Crippen molar-refractivity contribution in [1.29, 1.82) is 5.26 Å². The summed E-state index contributed by atoms with van der Waals surface area (Å²) in [7, 11) is 2.82. The first-order valence-electron chi connectivity index (χ1n) is 6.16. The van der Waals surface area contributed by atoms with Crippen molar-refractivity contribution in [1.82, 2.24) is 0 Å². The van der Waals surface area contributed by atoms with Gasteiger partial charge in [-0.1, -0.05) is 0 Å². The minimum atomic E-state index is -0.524. The maximum atomic E-state index is 11.5. The smallest absolute Gasteiger partial charge is 0.374 e. The highest BCUT2D eigenvalue weighted by Gasteiger charge is 2.16. The molecule has 108 valence electrons. The van der Waals surface area contributed by atoms with Crippen LogP contribution in [0.3, 0.4) is 0 Å². The van der Waals surface area contributed by atoms with Gasteiger partial charge in [0.05, 0.1) is 37.8 Å². The number of anilines is 1. The van der Waals surface area contributed by atoms with Gasteiger partial charge in [0, 0.05) is 18.2 Å². The number of rotatable bonds is 5. The highest BCUT2D eigenvalue weighted by atomic mass is 16.5. The molecular weight excluding hydrogens is 272 g/mol. The van der Waals surface area contributed by atoms with Crippen LogP contribution in [0, 0.1) is 11.3 Å². The van der Waals surface area contributed by atoms with Gasteiger partial charge in [0.2, 0.25) is 5.76 Å². The van der Waals surface area contributed by atoms with Gasteiger partial charge >= 0.3 is 5.97 Å². The second-order valence-electron chi connectivity index (χ2n) is 4.15. The van der Waals surface area contributed by atoms with Crippen LogP contribution >= 0.6 is 0 Å². The zero-order chi connectivity index (χ0) is 15.2. The molecular formula is C15H14N2O4. The summed E-state index contributed by atoms with van der Waals surface area (Å²) in [6, 6.07) is 8.80. The first-order valence-corrected chi connectivity index (χ1v) is 6.16. The van der Waals surface area contributed by atoms with E-state index < -0.39 is 5.97 Å². The number of benzene rings is 1. The van der Waals surface area contributed by atoms with E-state index in [1.165, 1.54) is 20.5 Å². The maximum absolute atomic E-state index is 11.5. The molecule has 2 aromatic rings. The van der Waals surface area contributed by atoms with Crippen molar-refractivity contribution in [2.75, 3.05) is 19.5 Å². The van der Waals surface area contributed by atoms with Crippen LogP contribution in [0.4, 0.5) is 5.69 Å². The number of nitriles is 1. The molecule has 2 rings (SSSR count). The molecule has 0 unspecified atom stereocenters. The molecule has 1 aromatic heterocycles. The van der Waals surface area contributed by atoms with Crippen LogP contribution in [0.15, 0.2) is 34.9 Å². The molecule has 0 aliphatic rings. The van der Waals surface area contributed by atoms with E-state index in [-0.39, 0.29) is 5.76 Å². The van der Waals surface area contributed by atoms with Crippen LogP contribution in [-0.2, 0) is 11.3 Å². The molecule has 0 saturated carbocycles. The number of furan rings is 1. The average Bonchev–Trinajstić information content (AvgIpc) is 3.00. The molecule has 0 atom stereocenters. The molecule has 1 heterocycles. The number of hydrogen-bond donors (Lipinski definition) is 1. The number of hydrogen-bond acceptors (Lipinski definition) is 6. The Balaban J connectivity index is 2.16. The molecule has 0 spiro atoms. The highest BCUT2D eigenvalue weighted by Crippen LogP contribution is 2.26. The van der Waals surface area contributed by atoms with E-state index in [9.17, 15) is 4.79 Å². The summed E-state index contributed by atoms with van der Waals surface area (Å²) in [5.74, 6) is 0.193. The second-order valence-corrected chi connectivity index (χ2v) is 4.15. The standard InChI is InChI=1S/C15H14N2O4/c1-19-13-7-10(8-16)3-4-12(13)17-9-11-5-6-21-14(11)15(18)20-2/h3-7,17H,9H2,1-2H3. The molecule has 0 aliphatic heterocycles. The Kier molecular flexibility index (Phi) is 4.46. The third-order valence-electron chi connectivity index (χ3n) is 2.92. The molecule has 6 heteroatoms. The fourth-order valence-corrected chi connectivity index (χ4v) is 1.84. The molecule has 6 nitrogen and oxygen atoms in total. The monoisotopic (exact) mass is 286 g/mol. The summed E-state index contributed by atoms with van der Waals surface area (Å²) in [6.07, 6.45) is 1.43. The van der Waals surface area contributed by atoms with Gasteiger partial charge in [-0.25, -0.2) is 4.79 Å². The summed E-state index contributed by atoms with van der Waals surface area (Å²) < 4.78 is 15.0. The third-order valence-corrected chi connectivity index (χ3v) is 2.92. The molecule has 1 aromatic carbocycles. The highest BCUT2D eigenvalue weighted by molar-refractivity contribution is 5.87. The Morgan fingerprint density at radius 2 is 2.19 bits per heavy atom. The van der Waals surface area contributed by atoms with Crippen LogP contribution in [-0.4, -0.2) is 20.2 Å². The minimum Gasteiger partial charge on any atom is -0.495 e. The van der Waals surface area contributed by atoms with Gasteiger partial charge < -0.3 is 19.2 Å². The summed E-state index contributed by atoms with van der Waals surface area (Å²) in [6.45, 7) is 0.364. The van der Waals surface area contributed by atoms with Crippen molar-refractivity contribution >= 4 is 11.7 Å². The van der Waals surface area contributed by atoms with Crippen LogP contribution in [0.5, 0.6) is 5.75 Å². The molecule has 0 fully saturated rings. The van der Waals surface area contributed by atoms with Crippen molar-refractivity contribution in [3.8, 4) is 11.8 Å². The molecule has 0 amide bonds. The predicted octanol–water partition coefficient (Wildman–Crippen LogP) is 2.56. The van der Waals surface area contributed by atoms with E-state index in [1.54, 1.807) is 24.3 Å². The Hall–Kier alpha value is -2.94. The van der Waals surface area contributed by atoms with E-state index >= 15 is 0 Å². The maximum Gasteiger partial charge on any atom is 0.374 e. The third kappa shape index (κ3) is 3.15. The number of methoxy groups -OCH3 is 2. The van der Waals surface area contributed by atoms with Crippen LogP contribution in [0.1, 0.15) is 21.7 Å². The zero-order valence-electron chi connectivity index (χ0n) is 11.7. The van der Waals surface area contributed by atoms with Crippen molar-refractivity contribution in [3.63, 3.8) is 0 Å². The van der Waals surface area contributed by atoms with Gasteiger partial charge in [-0.15, -0.1) is 0 Å². The Bertz CT molecular complexity index is 685. The lowest BCUT2D eigenvalue weighted by atomic mass is 10.2. The van der Waals surface area contributed by atoms with E-state index in [0.717, 1.165) is 0 Å². The molecule has 21 heavy (non-hydrogen) atoms. The number of carbonyl (C=O) groups is 1. The SMILES string of the molecule is COC(=O)c1occc1CNc1ccc(C#N)cc1OC. The lowest BCUT2D eigenvalue weighted by Gasteiger charge is -2.11. The first-order chi connectivity index (χ1) is 10.2. The summed E-state index contributed by atoms with van der Waals surface area (Å²) in [5.41, 5.74) is 1.90. The number of nitrogens with zero attached hydrogens (tertiary/aromatic N) is 1. The first kappa shape index (κ1) is 14.5. The Morgan fingerprint density at radius 3 is 2.86 bits per heavy atom. The van der Waals surface area contributed by atoms with Gasteiger partial charge in [0.15, 0.2) is 0 Å². The van der Waals surface area contributed by atoms with Gasteiger partial charge in [-0.3, -0.25) is 0 Å². The average molecular weight is 286 g/mol. The number of carbonyl (C=O) groups excluding carboxylic acids is 1. The molecule has 0 saturated heterocycles. The fourth-order valence-electron chi connectivity index (χ4n) is 1.84. The van der Waals surface area contributed by atoms with E-state index in [2.05, 4.69) is 10.1 Å². The summed E-state index contributed by atoms with van der Waals surface area (Å²) in [4.78, 5) is 11.5. The van der Waals surface area contributed by atoms with Gasteiger partial charge in [0.1, 0.15) is 5.75 Å². The lowest BCUT2D eigenvalue weighted by Crippen LogP contribution is -2.07. The topological polar surface area (TPSA) is 84.5 Å². The molecule has 1 N–H and O–H groups in total. The summed E-state index contributed by atoms with van der Waals surface area (Å²) in [5, 5.41) is 12.0. The van der Waals surface area contributed by atoms with Crippen molar-refractivity contribution in [3.05, 3.63) is 47.4 Å². The number of esters is 1. The van der Waals surface area contributed by atoms with Crippen molar-refractivity contribution < 1.29 is 18.7 Å². The largest absolute Gasteiger partial charge is 0.495 e. The lowest BCUT2D eigenvalue weighted by molar-refractivity contribution is 0.0563. The van der Waals surface area contributed by atoms with Gasteiger partial charge in [-0.2, -0.15) is 5.26 Å². The predicted molar refractivity (Wildman–Crippen MR) is 75.1 cm³/mol. The normalized spacial score (nSPS) is 9.76. The van der Waals surface area contributed by atoms with Crippen molar-refractivity contribution in [2.24, 2.45) is 0 Å². The minimum absolute atomic E-state index is 0.164. The Labute approximate surface area is 121 Å². The number of ether oxygens (including phenoxy) is 2. The number of nitrogens with one attached hydrogen (secondary N) is 1. The van der Waals surface area contributed by atoms with Gasteiger partial charge in [0.25, 0.3) is 0 Å². The fraction of sp³-hybridized carbons (Fsp3) is 0.200. The molecule has 0 radical (unpaired) electrons. The zero-order valence-corrected chi connectivity index (χ0v) is 11.7. The molecule has 0 aliphatic carbocycles. The van der Waals surface area contributed by atoms with Gasteiger partial charge in [-0.05, 0) is 18.2 Å². The van der Waals surface area contributed by atoms with Crippen LogP contribution in [0.2, 0.25) is 0 Å². The van der Waals surface area contributed by atoms with Crippen LogP contribution < -0.4 is 10.1 Å². The van der Waals surface area contributed by atoms with E-state index in [0.29, 0.717) is 29.1 Å². The van der Waals surface area contributed by atoms with E-state index in [4.69, 9.17) is 14.4 Å². The quantitative estimate of drug-likeness (QED) is 0.850. The van der Waals surface area contributed by atoms with E-state index in [1.807, 2.05) is 6.07 Å². The second kappa shape index (κ2) is 6.48. The summed E-state index contributed by atoms with van der Waals surface area (Å²) >= 11 is 0. The molecule has 0 bridgehead atoms. The van der Waals surface area contributed by atoms with Crippen LogP contribution in [0.25, 0.3) is 0 Å².